The molecule has 0 bridgehead atoms. The molecule has 0 saturated carbocycles. The van der Waals surface area contributed by atoms with Crippen LogP contribution in [0.1, 0.15) is 12.5 Å². The van der Waals surface area contributed by atoms with E-state index in [1.807, 2.05) is 0 Å². The molecule has 1 unspecified atom stereocenters. The van der Waals surface area contributed by atoms with Crippen molar-refractivity contribution >= 4 is 15.9 Å². The average molecular weight is 329 g/mol. The number of hydrogen-bond donors (Lipinski definition) is 3. The van der Waals surface area contributed by atoms with Crippen molar-refractivity contribution in [3.8, 4) is 0 Å². The Kier molecular flexibility index (Phi) is 7.46. The largest absolute Gasteiger partial charge is 0.383 e. The molecule has 1 atom stereocenters. The standard InChI is InChI=1S/C14H23N3O4S/c1-11(9-15)14(18)16-10-12-4-3-5-13(8-12)22(19,20)17-6-7-21-2/h3-5,8,11,17H,6-7,9-10,15H2,1-2H3,(H,16,18). The second-order valence-corrected chi connectivity index (χ2v) is 6.66. The Morgan fingerprint density at radius 2 is 2.14 bits per heavy atom. The third-order valence-electron chi connectivity index (χ3n) is 3.07. The number of hydrogen-bond acceptors (Lipinski definition) is 5. The van der Waals surface area contributed by atoms with Gasteiger partial charge in [-0.15, -0.1) is 0 Å². The summed E-state index contributed by atoms with van der Waals surface area (Å²) in [5.41, 5.74) is 6.12. The third kappa shape index (κ3) is 5.72. The predicted octanol–water partition coefficient (Wildman–Crippen LogP) is -0.178. The average Bonchev–Trinajstić information content (AvgIpc) is 2.52. The molecule has 0 spiro atoms. The van der Waals surface area contributed by atoms with Crippen molar-refractivity contribution in [1.29, 1.82) is 0 Å². The van der Waals surface area contributed by atoms with E-state index in [1.165, 1.54) is 19.2 Å². The van der Waals surface area contributed by atoms with Crippen molar-refractivity contribution in [2.24, 2.45) is 11.7 Å². The fourth-order valence-electron chi connectivity index (χ4n) is 1.65. The number of carbonyl (C=O) groups is 1. The molecule has 0 aliphatic heterocycles. The van der Waals surface area contributed by atoms with E-state index in [-0.39, 0.29) is 36.4 Å². The van der Waals surface area contributed by atoms with E-state index in [0.717, 1.165) is 0 Å². The Morgan fingerprint density at radius 3 is 2.77 bits per heavy atom. The van der Waals surface area contributed by atoms with Gasteiger partial charge in [0.25, 0.3) is 0 Å². The van der Waals surface area contributed by atoms with Gasteiger partial charge in [-0.05, 0) is 17.7 Å². The molecule has 0 aliphatic carbocycles. The lowest BCUT2D eigenvalue weighted by Gasteiger charge is -2.11. The number of benzene rings is 1. The van der Waals surface area contributed by atoms with Crippen LogP contribution in [0.15, 0.2) is 29.2 Å². The number of sulfonamides is 1. The minimum absolute atomic E-state index is 0.155. The van der Waals surface area contributed by atoms with E-state index in [4.69, 9.17) is 10.5 Å². The third-order valence-corrected chi connectivity index (χ3v) is 4.53. The molecule has 7 nitrogen and oxygen atoms in total. The van der Waals surface area contributed by atoms with E-state index in [9.17, 15) is 13.2 Å². The number of carbonyl (C=O) groups excluding carboxylic acids is 1. The first-order valence-electron chi connectivity index (χ1n) is 6.96. The van der Waals surface area contributed by atoms with Crippen molar-refractivity contribution in [3.05, 3.63) is 29.8 Å². The van der Waals surface area contributed by atoms with Gasteiger partial charge in [0.05, 0.1) is 11.5 Å². The van der Waals surface area contributed by atoms with E-state index >= 15 is 0 Å². The van der Waals surface area contributed by atoms with Gasteiger partial charge in [0.2, 0.25) is 15.9 Å². The van der Waals surface area contributed by atoms with Gasteiger partial charge in [-0.3, -0.25) is 4.79 Å². The summed E-state index contributed by atoms with van der Waals surface area (Å²) in [6.07, 6.45) is 0. The molecule has 0 heterocycles. The molecule has 1 amide bonds. The lowest BCUT2D eigenvalue weighted by molar-refractivity contribution is -0.124. The van der Waals surface area contributed by atoms with Crippen molar-refractivity contribution < 1.29 is 17.9 Å². The van der Waals surface area contributed by atoms with Crippen molar-refractivity contribution in [2.45, 2.75) is 18.4 Å². The monoisotopic (exact) mass is 329 g/mol. The second kappa shape index (κ2) is 8.84. The highest BCUT2D eigenvalue weighted by atomic mass is 32.2. The molecule has 0 aromatic heterocycles. The van der Waals surface area contributed by atoms with Crippen molar-refractivity contribution in [1.82, 2.24) is 10.0 Å². The van der Waals surface area contributed by atoms with Crippen LogP contribution in [0.25, 0.3) is 0 Å². The molecule has 1 rings (SSSR count). The minimum atomic E-state index is -3.58. The zero-order chi connectivity index (χ0) is 16.6. The second-order valence-electron chi connectivity index (χ2n) is 4.89. The van der Waals surface area contributed by atoms with E-state index in [0.29, 0.717) is 12.2 Å². The molecule has 1 aromatic carbocycles. The van der Waals surface area contributed by atoms with Crippen LogP contribution in [0.3, 0.4) is 0 Å². The zero-order valence-electron chi connectivity index (χ0n) is 12.8. The quantitative estimate of drug-likeness (QED) is 0.545. The highest BCUT2D eigenvalue weighted by molar-refractivity contribution is 7.89. The van der Waals surface area contributed by atoms with Gasteiger partial charge in [0, 0.05) is 32.7 Å². The number of nitrogens with one attached hydrogen (secondary N) is 2. The molecule has 0 radical (unpaired) electrons. The molecule has 8 heteroatoms. The van der Waals surface area contributed by atoms with Crippen LogP contribution in [-0.4, -0.2) is 41.1 Å². The summed E-state index contributed by atoms with van der Waals surface area (Å²) in [6.45, 7) is 2.75. The molecule has 4 N–H and O–H groups in total. The molecular weight excluding hydrogens is 306 g/mol. The summed E-state index contributed by atoms with van der Waals surface area (Å²) < 4.78 is 31.4. The topological polar surface area (TPSA) is 111 Å². The van der Waals surface area contributed by atoms with Crippen LogP contribution >= 0.6 is 0 Å². The Bertz CT molecular complexity index is 590. The Labute approximate surface area is 131 Å². The van der Waals surface area contributed by atoms with Gasteiger partial charge in [-0.2, -0.15) is 0 Å². The van der Waals surface area contributed by atoms with Crippen LogP contribution in [0, 0.1) is 5.92 Å². The zero-order valence-corrected chi connectivity index (χ0v) is 13.7. The summed E-state index contributed by atoms with van der Waals surface area (Å²) in [6, 6.07) is 6.42. The molecule has 1 aromatic rings. The summed E-state index contributed by atoms with van der Waals surface area (Å²) in [7, 11) is -2.08. The highest BCUT2D eigenvalue weighted by Gasteiger charge is 2.14. The van der Waals surface area contributed by atoms with Crippen LogP contribution in [0.4, 0.5) is 0 Å². The summed E-state index contributed by atoms with van der Waals surface area (Å²) >= 11 is 0. The van der Waals surface area contributed by atoms with E-state index in [1.54, 1.807) is 19.1 Å². The number of ether oxygens (including phenoxy) is 1. The van der Waals surface area contributed by atoms with Crippen LogP contribution in [0.5, 0.6) is 0 Å². The lowest BCUT2D eigenvalue weighted by Crippen LogP contribution is -2.32. The first-order valence-corrected chi connectivity index (χ1v) is 8.44. The van der Waals surface area contributed by atoms with Crippen molar-refractivity contribution in [2.75, 3.05) is 26.8 Å². The smallest absolute Gasteiger partial charge is 0.240 e. The predicted molar refractivity (Wildman–Crippen MR) is 83.6 cm³/mol. The maximum atomic E-state index is 12.1. The van der Waals surface area contributed by atoms with Crippen LogP contribution < -0.4 is 15.8 Å². The minimum Gasteiger partial charge on any atom is -0.383 e. The molecule has 0 saturated heterocycles. The molecule has 0 fully saturated rings. The summed E-state index contributed by atoms with van der Waals surface area (Å²) in [5, 5.41) is 2.73. The van der Waals surface area contributed by atoms with E-state index < -0.39 is 10.0 Å². The SMILES string of the molecule is COCCNS(=O)(=O)c1cccc(CNC(=O)C(C)CN)c1. The fraction of sp³-hybridized carbons (Fsp3) is 0.500. The van der Waals surface area contributed by atoms with Crippen LogP contribution in [-0.2, 0) is 26.1 Å². The first-order chi connectivity index (χ1) is 10.4. The van der Waals surface area contributed by atoms with Gasteiger partial charge >= 0.3 is 0 Å². The molecular formula is C14H23N3O4S. The molecule has 0 aliphatic rings. The number of methoxy groups -OCH3 is 1. The summed E-state index contributed by atoms with van der Waals surface area (Å²) in [5.74, 6) is -0.434. The first kappa shape index (κ1) is 18.6. The molecule has 124 valence electrons. The van der Waals surface area contributed by atoms with Gasteiger partial charge in [-0.25, -0.2) is 13.1 Å². The number of nitrogens with two attached hydrogens (primary N) is 1. The van der Waals surface area contributed by atoms with Crippen molar-refractivity contribution in [3.63, 3.8) is 0 Å². The highest BCUT2D eigenvalue weighted by Crippen LogP contribution is 2.11. The Balaban J connectivity index is 2.71. The molecule has 22 heavy (non-hydrogen) atoms. The van der Waals surface area contributed by atoms with E-state index in [2.05, 4.69) is 10.0 Å². The fourth-order valence-corrected chi connectivity index (χ4v) is 2.74. The number of rotatable bonds is 9. The maximum absolute atomic E-state index is 12.1. The lowest BCUT2D eigenvalue weighted by atomic mass is 10.1. The Morgan fingerprint density at radius 1 is 1.41 bits per heavy atom. The van der Waals surface area contributed by atoms with Gasteiger partial charge in [0.15, 0.2) is 0 Å². The van der Waals surface area contributed by atoms with Gasteiger partial charge in [0.1, 0.15) is 0 Å². The maximum Gasteiger partial charge on any atom is 0.240 e. The van der Waals surface area contributed by atoms with Crippen LogP contribution in [0.2, 0.25) is 0 Å². The van der Waals surface area contributed by atoms with Gasteiger partial charge < -0.3 is 15.8 Å². The Hall–Kier alpha value is -1.48. The summed E-state index contributed by atoms with van der Waals surface area (Å²) in [4.78, 5) is 11.8. The normalized spacial score (nSPS) is 12.9. The van der Waals surface area contributed by atoms with Gasteiger partial charge in [-0.1, -0.05) is 19.1 Å². The number of amides is 1.